The van der Waals surface area contributed by atoms with Gasteiger partial charge in [0.05, 0.1) is 19.2 Å². The predicted octanol–water partition coefficient (Wildman–Crippen LogP) is 2.11. The van der Waals surface area contributed by atoms with Crippen molar-refractivity contribution < 1.29 is 9.53 Å². The van der Waals surface area contributed by atoms with Gasteiger partial charge in [0, 0.05) is 17.6 Å². The van der Waals surface area contributed by atoms with Gasteiger partial charge in [-0.2, -0.15) is 11.8 Å². The summed E-state index contributed by atoms with van der Waals surface area (Å²) < 4.78 is 4.56. The lowest BCUT2D eigenvalue weighted by molar-refractivity contribution is -0.140. The van der Waals surface area contributed by atoms with Crippen LogP contribution in [0, 0.1) is 0 Å². The van der Waals surface area contributed by atoms with E-state index < -0.39 is 0 Å². The fourth-order valence-electron chi connectivity index (χ4n) is 0.986. The third-order valence-corrected chi connectivity index (χ3v) is 3.32. The lowest BCUT2D eigenvalue weighted by Gasteiger charge is -1.95. The molecule has 0 spiro atoms. The van der Waals surface area contributed by atoms with Crippen LogP contribution < -0.4 is 0 Å². The molecule has 1 rings (SSSR count). The molecule has 0 radical (unpaired) electrons. The normalized spacial score (nSPS) is 10.1. The molecule has 0 atom stereocenters. The van der Waals surface area contributed by atoms with E-state index in [2.05, 4.69) is 16.0 Å². The van der Waals surface area contributed by atoms with Gasteiger partial charge in [0.2, 0.25) is 0 Å². The van der Waals surface area contributed by atoms with Gasteiger partial charge in [-0.25, -0.2) is 4.98 Å². The molecule has 0 amide bonds. The largest absolute Gasteiger partial charge is 0.469 e. The minimum atomic E-state index is -0.176. The zero-order valence-electron chi connectivity index (χ0n) is 8.28. The Morgan fingerprint density at radius 3 is 3.14 bits per heavy atom. The van der Waals surface area contributed by atoms with Crippen molar-refractivity contribution in [1.29, 1.82) is 0 Å². The minimum Gasteiger partial charge on any atom is -0.469 e. The SMILES string of the molecule is COC(=O)CCc1csc(CSC)n1. The van der Waals surface area contributed by atoms with Crippen LogP contribution in [0.25, 0.3) is 0 Å². The van der Waals surface area contributed by atoms with Crippen LogP contribution in [0.15, 0.2) is 5.38 Å². The molecule has 1 aromatic rings. The third-order valence-electron chi connectivity index (χ3n) is 1.68. The quantitative estimate of drug-likeness (QED) is 0.728. The highest BCUT2D eigenvalue weighted by molar-refractivity contribution is 7.97. The van der Waals surface area contributed by atoms with E-state index in [1.54, 1.807) is 23.1 Å². The second-order valence-electron chi connectivity index (χ2n) is 2.74. The molecule has 1 aromatic heterocycles. The summed E-state index contributed by atoms with van der Waals surface area (Å²) in [5.41, 5.74) is 0.990. The van der Waals surface area contributed by atoms with Gasteiger partial charge in [0.25, 0.3) is 0 Å². The predicted molar refractivity (Wildman–Crippen MR) is 59.7 cm³/mol. The smallest absolute Gasteiger partial charge is 0.305 e. The van der Waals surface area contributed by atoms with Crippen molar-refractivity contribution in [1.82, 2.24) is 4.98 Å². The van der Waals surface area contributed by atoms with Crippen LogP contribution >= 0.6 is 23.1 Å². The zero-order valence-corrected chi connectivity index (χ0v) is 9.91. The first-order valence-corrected chi connectivity index (χ1v) is 6.52. The number of thioether (sulfide) groups is 1. The maximum atomic E-state index is 10.9. The van der Waals surface area contributed by atoms with E-state index in [0.29, 0.717) is 12.8 Å². The molecule has 0 saturated carbocycles. The van der Waals surface area contributed by atoms with Gasteiger partial charge in [-0.3, -0.25) is 4.79 Å². The summed E-state index contributed by atoms with van der Waals surface area (Å²) in [6.45, 7) is 0. The summed E-state index contributed by atoms with van der Waals surface area (Å²) in [5.74, 6) is 0.771. The van der Waals surface area contributed by atoms with E-state index in [0.717, 1.165) is 16.5 Å². The summed E-state index contributed by atoms with van der Waals surface area (Å²) in [6, 6.07) is 0. The topological polar surface area (TPSA) is 39.2 Å². The lowest BCUT2D eigenvalue weighted by atomic mass is 10.2. The summed E-state index contributed by atoms with van der Waals surface area (Å²) in [6.07, 6.45) is 3.14. The molecular weight excluding hydrogens is 218 g/mol. The van der Waals surface area contributed by atoms with E-state index in [1.165, 1.54) is 7.11 Å². The molecule has 3 nitrogen and oxygen atoms in total. The summed E-state index contributed by atoms with van der Waals surface area (Å²) in [5, 5.41) is 3.13. The van der Waals surface area contributed by atoms with E-state index in [9.17, 15) is 4.79 Å². The van der Waals surface area contributed by atoms with Gasteiger partial charge < -0.3 is 4.74 Å². The Morgan fingerprint density at radius 1 is 1.71 bits per heavy atom. The Hall–Kier alpha value is -0.550. The number of esters is 1. The number of carbonyl (C=O) groups excluding carboxylic acids is 1. The molecule has 5 heteroatoms. The van der Waals surface area contributed by atoms with Crippen molar-refractivity contribution >= 4 is 29.1 Å². The standard InChI is InChI=1S/C9H13NO2S2/c1-12-9(11)4-3-7-5-14-8(10-7)6-13-2/h5H,3-4,6H2,1-2H3. The second kappa shape index (κ2) is 6.03. The average molecular weight is 231 g/mol. The maximum absolute atomic E-state index is 10.9. The van der Waals surface area contributed by atoms with Gasteiger partial charge >= 0.3 is 5.97 Å². The van der Waals surface area contributed by atoms with Crippen LogP contribution in [0.1, 0.15) is 17.1 Å². The Labute approximate surface area is 91.9 Å². The Morgan fingerprint density at radius 2 is 2.50 bits per heavy atom. The molecule has 0 bridgehead atoms. The first-order chi connectivity index (χ1) is 6.76. The number of hydrogen-bond donors (Lipinski definition) is 0. The molecule has 0 aliphatic rings. The Balaban J connectivity index is 2.39. The van der Waals surface area contributed by atoms with E-state index in [4.69, 9.17) is 0 Å². The van der Waals surface area contributed by atoms with Crippen LogP contribution in [0.2, 0.25) is 0 Å². The highest BCUT2D eigenvalue weighted by Gasteiger charge is 2.05. The summed E-state index contributed by atoms with van der Waals surface area (Å²) in [7, 11) is 1.41. The van der Waals surface area contributed by atoms with Crippen LogP contribution in [0.3, 0.4) is 0 Å². The summed E-state index contributed by atoms with van der Waals surface area (Å²) in [4.78, 5) is 15.3. The number of rotatable bonds is 5. The fourth-order valence-corrected chi connectivity index (χ4v) is 2.54. The van der Waals surface area contributed by atoms with E-state index in [-0.39, 0.29) is 5.97 Å². The molecule has 78 valence electrons. The van der Waals surface area contributed by atoms with Crippen LogP contribution in [-0.2, 0) is 21.7 Å². The molecule has 0 N–H and O–H groups in total. The fraction of sp³-hybridized carbons (Fsp3) is 0.556. The van der Waals surface area contributed by atoms with Crippen molar-refractivity contribution in [2.24, 2.45) is 0 Å². The zero-order chi connectivity index (χ0) is 10.4. The molecule has 0 saturated heterocycles. The highest BCUT2D eigenvalue weighted by Crippen LogP contribution is 2.15. The minimum absolute atomic E-state index is 0.176. The van der Waals surface area contributed by atoms with Gasteiger partial charge in [-0.1, -0.05) is 0 Å². The Bertz CT molecular complexity index is 299. The van der Waals surface area contributed by atoms with Gasteiger partial charge in [0.1, 0.15) is 5.01 Å². The highest BCUT2D eigenvalue weighted by atomic mass is 32.2. The monoisotopic (exact) mass is 231 g/mol. The molecular formula is C9H13NO2S2. The molecule has 14 heavy (non-hydrogen) atoms. The van der Waals surface area contributed by atoms with Crippen molar-refractivity contribution in [2.45, 2.75) is 18.6 Å². The molecule has 0 unspecified atom stereocenters. The van der Waals surface area contributed by atoms with Crippen molar-refractivity contribution in [3.8, 4) is 0 Å². The number of methoxy groups -OCH3 is 1. The van der Waals surface area contributed by atoms with Crippen molar-refractivity contribution in [2.75, 3.05) is 13.4 Å². The number of aryl methyl sites for hydroxylation is 1. The number of thiazole rings is 1. The number of ether oxygens (including phenoxy) is 1. The summed E-state index contributed by atoms with van der Waals surface area (Å²) >= 11 is 3.40. The lowest BCUT2D eigenvalue weighted by Crippen LogP contribution is -2.02. The van der Waals surface area contributed by atoms with Crippen molar-refractivity contribution in [3.05, 3.63) is 16.1 Å². The molecule has 1 heterocycles. The Kier molecular flexibility index (Phi) is 4.97. The second-order valence-corrected chi connectivity index (χ2v) is 4.55. The maximum Gasteiger partial charge on any atom is 0.305 e. The molecule has 0 aromatic carbocycles. The third kappa shape index (κ3) is 3.67. The first-order valence-electron chi connectivity index (χ1n) is 4.25. The van der Waals surface area contributed by atoms with Crippen LogP contribution in [0.4, 0.5) is 0 Å². The average Bonchev–Trinajstić information content (AvgIpc) is 2.63. The van der Waals surface area contributed by atoms with Crippen molar-refractivity contribution in [3.63, 3.8) is 0 Å². The first kappa shape index (κ1) is 11.5. The van der Waals surface area contributed by atoms with Gasteiger partial charge in [-0.05, 0) is 6.26 Å². The van der Waals surface area contributed by atoms with Crippen LogP contribution in [0.5, 0.6) is 0 Å². The van der Waals surface area contributed by atoms with E-state index >= 15 is 0 Å². The molecule has 0 aliphatic carbocycles. The van der Waals surface area contributed by atoms with Gasteiger partial charge in [-0.15, -0.1) is 11.3 Å². The van der Waals surface area contributed by atoms with Crippen LogP contribution in [-0.4, -0.2) is 24.3 Å². The number of hydrogen-bond acceptors (Lipinski definition) is 5. The van der Waals surface area contributed by atoms with Gasteiger partial charge in [0.15, 0.2) is 0 Å². The van der Waals surface area contributed by atoms with E-state index in [1.807, 2.05) is 5.38 Å². The molecule has 0 fully saturated rings. The number of aromatic nitrogens is 1. The molecule has 0 aliphatic heterocycles. The number of nitrogens with zero attached hydrogens (tertiary/aromatic N) is 1. The number of carbonyl (C=O) groups is 1.